The van der Waals surface area contributed by atoms with Gasteiger partial charge in [-0.15, -0.1) is 0 Å². The van der Waals surface area contributed by atoms with Crippen molar-refractivity contribution in [1.82, 2.24) is 10.6 Å². The van der Waals surface area contributed by atoms with Crippen LogP contribution in [0.3, 0.4) is 0 Å². The molecule has 0 bridgehead atoms. The van der Waals surface area contributed by atoms with Crippen LogP contribution in [0.4, 0.5) is 5.69 Å². The van der Waals surface area contributed by atoms with Crippen LogP contribution >= 0.6 is 0 Å². The summed E-state index contributed by atoms with van der Waals surface area (Å²) in [6.07, 6.45) is 1.73. The van der Waals surface area contributed by atoms with Gasteiger partial charge in [-0.2, -0.15) is 0 Å². The van der Waals surface area contributed by atoms with Gasteiger partial charge in [0.25, 0.3) is 5.69 Å². The number of hydrogen-bond donors (Lipinski definition) is 2. The lowest BCUT2D eigenvalue weighted by atomic mass is 10.1. The molecule has 0 aliphatic carbocycles. The molecule has 0 saturated heterocycles. The summed E-state index contributed by atoms with van der Waals surface area (Å²) in [5, 5.41) is 17.4. The molecule has 0 saturated carbocycles. The molecule has 2 rings (SSSR count). The van der Waals surface area contributed by atoms with Crippen LogP contribution in [-0.4, -0.2) is 44.3 Å². The molecule has 2 aromatic carbocycles. The van der Waals surface area contributed by atoms with E-state index < -0.39 is 4.92 Å². The first-order valence-electron chi connectivity index (χ1n) is 10.1. The molecule has 0 aromatic heterocycles. The fraction of sp³-hybridized carbons (Fsp3) is 0.409. The van der Waals surface area contributed by atoms with Crippen molar-refractivity contribution in [2.75, 3.05) is 33.4 Å². The fourth-order valence-electron chi connectivity index (χ4n) is 2.71. The van der Waals surface area contributed by atoms with Crippen LogP contribution in [0, 0.1) is 10.1 Å². The largest absolute Gasteiger partial charge is 0.497 e. The third kappa shape index (κ3) is 8.48. The lowest BCUT2D eigenvalue weighted by Gasteiger charge is -2.13. The summed E-state index contributed by atoms with van der Waals surface area (Å²) in [6.45, 7) is 5.29. The van der Waals surface area contributed by atoms with Gasteiger partial charge in [-0.25, -0.2) is 4.99 Å². The first-order valence-corrected chi connectivity index (χ1v) is 10.1. The Labute approximate surface area is 177 Å². The van der Waals surface area contributed by atoms with Crippen molar-refractivity contribution in [1.29, 1.82) is 0 Å². The Kier molecular flexibility index (Phi) is 10.2. The van der Waals surface area contributed by atoms with Gasteiger partial charge in [0.15, 0.2) is 5.96 Å². The van der Waals surface area contributed by atoms with E-state index in [1.54, 1.807) is 19.2 Å². The first kappa shape index (κ1) is 23.2. The smallest absolute Gasteiger partial charge is 0.269 e. The number of hydrogen-bond acceptors (Lipinski definition) is 5. The molecule has 0 aliphatic rings. The van der Waals surface area contributed by atoms with Gasteiger partial charge in [0.1, 0.15) is 5.75 Å². The van der Waals surface area contributed by atoms with E-state index in [4.69, 9.17) is 9.47 Å². The van der Waals surface area contributed by atoms with E-state index in [-0.39, 0.29) is 5.69 Å². The number of ether oxygens (including phenoxy) is 2. The molecule has 0 unspecified atom stereocenters. The predicted octanol–water partition coefficient (Wildman–Crippen LogP) is 3.31. The van der Waals surface area contributed by atoms with Gasteiger partial charge in [0, 0.05) is 38.4 Å². The molecule has 8 nitrogen and oxygen atoms in total. The average Bonchev–Trinajstić information content (AvgIpc) is 2.77. The van der Waals surface area contributed by atoms with Gasteiger partial charge in [-0.05, 0) is 43.0 Å². The summed E-state index contributed by atoms with van der Waals surface area (Å²) < 4.78 is 10.6. The van der Waals surface area contributed by atoms with E-state index in [1.807, 2.05) is 31.2 Å². The van der Waals surface area contributed by atoms with Crippen molar-refractivity contribution in [2.45, 2.75) is 26.3 Å². The van der Waals surface area contributed by atoms with Crippen LogP contribution in [0.15, 0.2) is 53.5 Å². The summed E-state index contributed by atoms with van der Waals surface area (Å²) in [6, 6.07) is 14.4. The zero-order chi connectivity index (χ0) is 21.6. The third-order valence-corrected chi connectivity index (χ3v) is 4.39. The summed E-state index contributed by atoms with van der Waals surface area (Å²) in [4.78, 5) is 15.0. The molecule has 162 valence electrons. The lowest BCUT2D eigenvalue weighted by molar-refractivity contribution is -0.384. The van der Waals surface area contributed by atoms with Crippen LogP contribution in [0.2, 0.25) is 0 Å². The Hall–Kier alpha value is -3.13. The second kappa shape index (κ2) is 13.2. The SMILES string of the molecule is CCOCCCNC(=NCc1ccc([N+](=O)[O-])cc1)NCCc1ccc(OC)cc1. The number of non-ortho nitro benzene ring substituents is 1. The molecule has 8 heteroatoms. The van der Waals surface area contributed by atoms with Gasteiger partial charge < -0.3 is 20.1 Å². The van der Waals surface area contributed by atoms with E-state index in [9.17, 15) is 10.1 Å². The highest BCUT2D eigenvalue weighted by molar-refractivity contribution is 5.79. The standard InChI is InChI=1S/C22H30N4O4/c1-3-30-16-4-14-23-22(24-15-13-18-7-11-21(29-2)12-8-18)25-17-19-5-9-20(10-6-19)26(27)28/h5-12H,3-4,13-17H2,1-2H3,(H2,23,24,25). The van der Waals surface area contributed by atoms with Crippen LogP contribution in [0.5, 0.6) is 5.75 Å². The molecular formula is C22H30N4O4. The molecular weight excluding hydrogens is 384 g/mol. The number of benzene rings is 2. The zero-order valence-corrected chi connectivity index (χ0v) is 17.6. The number of aliphatic imine (C=N–C) groups is 1. The van der Waals surface area contributed by atoms with Crippen LogP contribution < -0.4 is 15.4 Å². The van der Waals surface area contributed by atoms with Crippen molar-refractivity contribution in [3.05, 3.63) is 69.8 Å². The quantitative estimate of drug-likeness (QED) is 0.182. The molecule has 0 amide bonds. The summed E-state index contributed by atoms with van der Waals surface area (Å²) in [5.41, 5.74) is 2.19. The predicted molar refractivity (Wildman–Crippen MR) is 118 cm³/mol. The topological polar surface area (TPSA) is 98.0 Å². The van der Waals surface area contributed by atoms with Crippen molar-refractivity contribution in [3.63, 3.8) is 0 Å². The summed E-state index contributed by atoms with van der Waals surface area (Å²) in [5.74, 6) is 1.55. The second-order valence-corrected chi connectivity index (χ2v) is 6.59. The Balaban J connectivity index is 1.90. The number of nitro groups is 1. The molecule has 0 aliphatic heterocycles. The number of nitrogens with one attached hydrogen (secondary N) is 2. The van der Waals surface area contributed by atoms with Crippen LogP contribution in [0.1, 0.15) is 24.5 Å². The molecule has 30 heavy (non-hydrogen) atoms. The van der Waals surface area contributed by atoms with Gasteiger partial charge in [0.2, 0.25) is 0 Å². The van der Waals surface area contributed by atoms with Crippen molar-refractivity contribution in [3.8, 4) is 5.75 Å². The Morgan fingerprint density at radius 3 is 2.33 bits per heavy atom. The van der Waals surface area contributed by atoms with E-state index >= 15 is 0 Å². The maximum absolute atomic E-state index is 10.8. The van der Waals surface area contributed by atoms with Gasteiger partial charge >= 0.3 is 0 Å². The number of nitrogens with zero attached hydrogens (tertiary/aromatic N) is 2. The Bertz CT molecular complexity index is 792. The fourth-order valence-corrected chi connectivity index (χ4v) is 2.71. The molecule has 0 fully saturated rings. The van der Waals surface area contributed by atoms with Gasteiger partial charge in [-0.3, -0.25) is 10.1 Å². The zero-order valence-electron chi connectivity index (χ0n) is 17.6. The molecule has 0 atom stereocenters. The first-order chi connectivity index (χ1) is 14.6. The summed E-state index contributed by atoms with van der Waals surface area (Å²) in [7, 11) is 1.65. The molecule has 2 aromatic rings. The molecule has 0 heterocycles. The van der Waals surface area contributed by atoms with E-state index in [0.29, 0.717) is 25.7 Å². The molecule has 0 radical (unpaired) electrons. The number of rotatable bonds is 12. The number of methoxy groups -OCH3 is 1. The number of nitro benzene ring substituents is 1. The average molecular weight is 415 g/mol. The highest BCUT2D eigenvalue weighted by Gasteiger charge is 2.04. The van der Waals surface area contributed by atoms with Gasteiger partial charge in [-0.1, -0.05) is 24.3 Å². The number of guanidine groups is 1. The summed E-state index contributed by atoms with van der Waals surface area (Å²) >= 11 is 0. The lowest BCUT2D eigenvalue weighted by Crippen LogP contribution is -2.39. The van der Waals surface area contributed by atoms with Crippen molar-refractivity contribution in [2.24, 2.45) is 4.99 Å². The minimum Gasteiger partial charge on any atom is -0.497 e. The van der Waals surface area contributed by atoms with E-state index in [2.05, 4.69) is 15.6 Å². The normalized spacial score (nSPS) is 11.2. The maximum atomic E-state index is 10.8. The van der Waals surface area contributed by atoms with Crippen molar-refractivity contribution >= 4 is 11.6 Å². The minimum absolute atomic E-state index is 0.0784. The van der Waals surface area contributed by atoms with E-state index in [0.717, 1.165) is 37.2 Å². The van der Waals surface area contributed by atoms with Crippen LogP contribution in [-0.2, 0) is 17.7 Å². The van der Waals surface area contributed by atoms with Gasteiger partial charge in [0.05, 0.1) is 18.6 Å². The third-order valence-electron chi connectivity index (χ3n) is 4.39. The minimum atomic E-state index is -0.404. The molecule has 0 spiro atoms. The monoisotopic (exact) mass is 414 g/mol. The highest BCUT2D eigenvalue weighted by atomic mass is 16.6. The van der Waals surface area contributed by atoms with Crippen molar-refractivity contribution < 1.29 is 14.4 Å². The van der Waals surface area contributed by atoms with E-state index in [1.165, 1.54) is 17.7 Å². The Morgan fingerprint density at radius 2 is 1.70 bits per heavy atom. The highest BCUT2D eigenvalue weighted by Crippen LogP contribution is 2.13. The maximum Gasteiger partial charge on any atom is 0.269 e. The van der Waals surface area contributed by atoms with Crippen LogP contribution in [0.25, 0.3) is 0 Å². The molecule has 2 N–H and O–H groups in total. The Morgan fingerprint density at radius 1 is 1.03 bits per heavy atom. The second-order valence-electron chi connectivity index (χ2n) is 6.59.